The molecule has 0 radical (unpaired) electrons. The van der Waals surface area contributed by atoms with Crippen LogP contribution in [0.15, 0.2) is 23.3 Å². The van der Waals surface area contributed by atoms with Gasteiger partial charge in [-0.3, -0.25) is 4.79 Å². The number of rotatable bonds is 3. The number of nitrogens with one attached hydrogen (secondary N) is 1. The molecule has 0 spiro atoms. The highest BCUT2D eigenvalue weighted by Gasteiger charge is 2.31. The van der Waals surface area contributed by atoms with Gasteiger partial charge in [0.15, 0.2) is 0 Å². The number of allylic oxidation sites excluding steroid dienone is 3. The zero-order valence-corrected chi connectivity index (χ0v) is 13.0. The Morgan fingerprint density at radius 3 is 2.62 bits per heavy atom. The van der Waals surface area contributed by atoms with Crippen LogP contribution in [0.1, 0.15) is 40.0 Å². The van der Waals surface area contributed by atoms with E-state index in [4.69, 9.17) is 5.11 Å². The second-order valence-corrected chi connectivity index (χ2v) is 6.66. The van der Waals surface area contributed by atoms with Crippen LogP contribution in [0.25, 0.3) is 0 Å². The van der Waals surface area contributed by atoms with Crippen molar-refractivity contribution in [2.75, 3.05) is 13.1 Å². The van der Waals surface area contributed by atoms with E-state index in [1.165, 1.54) is 22.5 Å². The number of hydrogen-bond acceptors (Lipinski definition) is 2. The Morgan fingerprint density at radius 1 is 1.38 bits per heavy atom. The van der Waals surface area contributed by atoms with E-state index in [-0.39, 0.29) is 17.4 Å². The molecule has 1 aliphatic carbocycles. The molecule has 1 aliphatic heterocycles. The molecule has 0 aromatic rings. The molecule has 0 unspecified atom stereocenters. The maximum atomic E-state index is 11.9. The lowest BCUT2D eigenvalue weighted by Crippen LogP contribution is -2.60. The monoisotopic (exact) mass is 292 g/mol. The van der Waals surface area contributed by atoms with E-state index in [1.54, 1.807) is 6.08 Å². The van der Waals surface area contributed by atoms with Crippen LogP contribution in [0.5, 0.6) is 0 Å². The van der Waals surface area contributed by atoms with Gasteiger partial charge in [0.25, 0.3) is 0 Å². The third-order valence-electron chi connectivity index (χ3n) is 4.44. The summed E-state index contributed by atoms with van der Waals surface area (Å²) in [6.07, 6.45) is 6.02. The molecule has 2 amide bonds. The van der Waals surface area contributed by atoms with Gasteiger partial charge in [-0.05, 0) is 37.2 Å². The number of hydrogen-bond donors (Lipinski definition) is 2. The summed E-state index contributed by atoms with van der Waals surface area (Å²) in [5.41, 5.74) is 2.73. The molecule has 0 saturated carbocycles. The molecule has 116 valence electrons. The fourth-order valence-electron chi connectivity index (χ4n) is 3.14. The quantitative estimate of drug-likeness (QED) is 0.785. The van der Waals surface area contributed by atoms with Gasteiger partial charge < -0.3 is 15.3 Å². The molecule has 5 heteroatoms. The average Bonchev–Trinajstić information content (AvgIpc) is 2.31. The van der Waals surface area contributed by atoms with Crippen LogP contribution in [0.3, 0.4) is 0 Å². The third-order valence-corrected chi connectivity index (χ3v) is 4.44. The Morgan fingerprint density at radius 2 is 2.05 bits per heavy atom. The number of carbonyl (C=O) groups is 2. The van der Waals surface area contributed by atoms with E-state index in [1.807, 2.05) is 6.08 Å². The van der Waals surface area contributed by atoms with Crippen LogP contribution in [-0.2, 0) is 4.79 Å². The van der Waals surface area contributed by atoms with Crippen molar-refractivity contribution in [3.05, 3.63) is 23.3 Å². The van der Waals surface area contributed by atoms with Crippen LogP contribution in [-0.4, -0.2) is 41.1 Å². The maximum Gasteiger partial charge on any atom is 0.407 e. The Balaban J connectivity index is 1.89. The van der Waals surface area contributed by atoms with Crippen molar-refractivity contribution in [1.29, 1.82) is 0 Å². The molecule has 2 N–H and O–H groups in total. The summed E-state index contributed by atoms with van der Waals surface area (Å²) in [5, 5.41) is 11.6. The van der Waals surface area contributed by atoms with Gasteiger partial charge in [-0.1, -0.05) is 25.5 Å². The first-order valence-corrected chi connectivity index (χ1v) is 7.46. The first kappa shape index (κ1) is 15.6. The second kappa shape index (κ2) is 5.92. The molecule has 2 rings (SSSR count). The summed E-state index contributed by atoms with van der Waals surface area (Å²) in [7, 11) is 0. The van der Waals surface area contributed by atoms with Gasteiger partial charge in [0, 0.05) is 19.2 Å². The van der Waals surface area contributed by atoms with Crippen molar-refractivity contribution < 1.29 is 14.7 Å². The number of carboxylic acid groups (broad SMARTS) is 1. The highest BCUT2D eigenvalue weighted by atomic mass is 16.4. The highest BCUT2D eigenvalue weighted by Crippen LogP contribution is 2.40. The average molecular weight is 292 g/mol. The van der Waals surface area contributed by atoms with Crippen LogP contribution >= 0.6 is 0 Å². The van der Waals surface area contributed by atoms with Crippen molar-refractivity contribution in [3.8, 4) is 0 Å². The summed E-state index contributed by atoms with van der Waals surface area (Å²) < 4.78 is 0. The topological polar surface area (TPSA) is 69.6 Å². The molecule has 1 heterocycles. The van der Waals surface area contributed by atoms with Crippen LogP contribution in [0.2, 0.25) is 0 Å². The predicted octanol–water partition coefficient (Wildman–Crippen LogP) is 2.55. The van der Waals surface area contributed by atoms with Gasteiger partial charge in [0.05, 0.1) is 6.04 Å². The minimum Gasteiger partial charge on any atom is -0.465 e. The highest BCUT2D eigenvalue weighted by molar-refractivity contribution is 5.88. The zero-order chi connectivity index (χ0) is 15.6. The lowest BCUT2D eigenvalue weighted by atomic mass is 9.72. The molecule has 1 fully saturated rings. The number of amides is 2. The molecule has 5 nitrogen and oxygen atoms in total. The number of nitrogens with zero attached hydrogens (tertiary/aromatic N) is 1. The number of carbonyl (C=O) groups excluding carboxylic acids is 1. The van der Waals surface area contributed by atoms with E-state index in [9.17, 15) is 9.59 Å². The summed E-state index contributed by atoms with van der Waals surface area (Å²) in [6.45, 7) is 7.31. The van der Waals surface area contributed by atoms with Crippen LogP contribution in [0.4, 0.5) is 4.79 Å². The summed E-state index contributed by atoms with van der Waals surface area (Å²) >= 11 is 0. The van der Waals surface area contributed by atoms with Crippen molar-refractivity contribution in [3.63, 3.8) is 0 Å². The predicted molar refractivity (Wildman–Crippen MR) is 81.0 cm³/mol. The SMILES string of the molecule is CC1=C(C=CC(=O)NC2CN(C(=O)O)C2)C(C)(C)CCC1. The van der Waals surface area contributed by atoms with Crippen molar-refractivity contribution >= 4 is 12.0 Å². The van der Waals surface area contributed by atoms with Crippen molar-refractivity contribution in [2.45, 2.75) is 46.1 Å². The fourth-order valence-corrected chi connectivity index (χ4v) is 3.14. The molecule has 0 aromatic heterocycles. The normalized spacial score (nSPS) is 22.3. The molecule has 2 aliphatic rings. The molecule has 0 atom stereocenters. The first-order chi connectivity index (χ1) is 9.79. The molecule has 21 heavy (non-hydrogen) atoms. The molecule has 1 saturated heterocycles. The van der Waals surface area contributed by atoms with Gasteiger partial charge in [0.2, 0.25) is 5.91 Å². The second-order valence-electron chi connectivity index (χ2n) is 6.66. The Kier molecular flexibility index (Phi) is 4.40. The summed E-state index contributed by atoms with van der Waals surface area (Å²) in [6, 6.07) is -0.0623. The molecular weight excluding hydrogens is 268 g/mol. The smallest absolute Gasteiger partial charge is 0.407 e. The standard InChI is InChI=1S/C16H24N2O3/c1-11-5-4-8-16(2,3)13(11)6-7-14(19)17-12-9-18(10-12)15(20)21/h6-7,12H,4-5,8-10H2,1-3H3,(H,17,19)(H,20,21). The van der Waals surface area contributed by atoms with Gasteiger partial charge in [-0.2, -0.15) is 0 Å². The van der Waals surface area contributed by atoms with Gasteiger partial charge in [-0.25, -0.2) is 4.79 Å². The molecular formula is C16H24N2O3. The van der Waals surface area contributed by atoms with Crippen LogP contribution in [0, 0.1) is 5.41 Å². The summed E-state index contributed by atoms with van der Waals surface area (Å²) in [5.74, 6) is -0.147. The van der Waals surface area contributed by atoms with Gasteiger partial charge in [0.1, 0.15) is 0 Å². The van der Waals surface area contributed by atoms with E-state index in [2.05, 4.69) is 26.1 Å². The Bertz CT molecular complexity index is 500. The minimum absolute atomic E-state index is 0.0623. The van der Waals surface area contributed by atoms with E-state index in [0.29, 0.717) is 13.1 Å². The third kappa shape index (κ3) is 3.65. The Labute approximate surface area is 125 Å². The minimum atomic E-state index is -0.930. The Hall–Kier alpha value is -1.78. The first-order valence-electron chi connectivity index (χ1n) is 7.46. The summed E-state index contributed by atoms with van der Waals surface area (Å²) in [4.78, 5) is 23.8. The molecule has 0 bridgehead atoms. The van der Waals surface area contributed by atoms with Crippen molar-refractivity contribution in [2.24, 2.45) is 5.41 Å². The van der Waals surface area contributed by atoms with Crippen LogP contribution < -0.4 is 5.32 Å². The van der Waals surface area contributed by atoms with E-state index >= 15 is 0 Å². The number of likely N-dealkylation sites (tertiary alicyclic amines) is 1. The van der Waals surface area contributed by atoms with E-state index < -0.39 is 6.09 Å². The van der Waals surface area contributed by atoms with Gasteiger partial charge in [-0.15, -0.1) is 0 Å². The lowest BCUT2D eigenvalue weighted by Gasteiger charge is -2.37. The maximum absolute atomic E-state index is 11.9. The van der Waals surface area contributed by atoms with Crippen molar-refractivity contribution in [1.82, 2.24) is 10.2 Å². The van der Waals surface area contributed by atoms with Gasteiger partial charge >= 0.3 is 6.09 Å². The zero-order valence-electron chi connectivity index (χ0n) is 13.0. The molecule has 0 aromatic carbocycles. The van der Waals surface area contributed by atoms with E-state index in [0.717, 1.165) is 12.8 Å². The fraction of sp³-hybridized carbons (Fsp3) is 0.625. The lowest BCUT2D eigenvalue weighted by molar-refractivity contribution is -0.118. The largest absolute Gasteiger partial charge is 0.465 e.